The fourth-order valence-electron chi connectivity index (χ4n) is 3.38. The smallest absolute Gasteiger partial charge is 0.263 e. The van der Waals surface area contributed by atoms with Crippen LogP contribution in [-0.2, 0) is 13.1 Å². The summed E-state index contributed by atoms with van der Waals surface area (Å²) >= 11 is 1.45. The largest absolute Gasteiger partial charge is 0.347 e. The van der Waals surface area contributed by atoms with Gasteiger partial charge in [0.2, 0.25) is 0 Å². The number of thiazole rings is 1. The first-order chi connectivity index (χ1) is 14.5. The van der Waals surface area contributed by atoms with Gasteiger partial charge in [-0.3, -0.25) is 9.48 Å². The average molecular weight is 417 g/mol. The van der Waals surface area contributed by atoms with Gasteiger partial charge in [0.1, 0.15) is 9.88 Å². The first kappa shape index (κ1) is 20.0. The molecule has 0 radical (unpaired) electrons. The quantitative estimate of drug-likeness (QED) is 0.486. The maximum Gasteiger partial charge on any atom is 0.263 e. The Bertz CT molecular complexity index is 1160. The highest BCUT2D eigenvalue weighted by atomic mass is 32.1. The number of nitrogens with one attached hydrogen (secondary N) is 1. The van der Waals surface area contributed by atoms with Gasteiger partial charge in [-0.05, 0) is 43.5 Å². The van der Waals surface area contributed by atoms with Gasteiger partial charge in [0.25, 0.3) is 5.91 Å². The van der Waals surface area contributed by atoms with Crippen molar-refractivity contribution >= 4 is 17.2 Å². The second-order valence-electron chi connectivity index (χ2n) is 7.45. The van der Waals surface area contributed by atoms with Crippen LogP contribution in [0.1, 0.15) is 37.6 Å². The second-order valence-corrected chi connectivity index (χ2v) is 8.45. The zero-order valence-electron chi connectivity index (χ0n) is 17.3. The minimum Gasteiger partial charge on any atom is -0.347 e. The molecule has 0 saturated carbocycles. The maximum absolute atomic E-state index is 12.7. The van der Waals surface area contributed by atoms with Gasteiger partial charge in [0.05, 0.1) is 12.2 Å². The molecule has 6 heteroatoms. The molecule has 0 fully saturated rings. The molecule has 4 aromatic rings. The molecule has 2 aromatic carbocycles. The number of carbonyl (C=O) groups excluding carboxylic acids is 1. The Morgan fingerprint density at radius 2 is 1.83 bits per heavy atom. The highest BCUT2D eigenvalue weighted by Crippen LogP contribution is 2.30. The van der Waals surface area contributed by atoms with Crippen molar-refractivity contribution < 1.29 is 4.79 Å². The SMILES string of the molecule is Cc1ccc(-c2nc(C)c(C(=O)NCc3ccc(Cn4cccn4)cc3)s2)c(C)c1. The molecule has 0 atom stereocenters. The van der Waals surface area contributed by atoms with Crippen LogP contribution >= 0.6 is 11.3 Å². The third kappa shape index (κ3) is 4.49. The van der Waals surface area contributed by atoms with Gasteiger partial charge >= 0.3 is 0 Å². The summed E-state index contributed by atoms with van der Waals surface area (Å²) in [7, 11) is 0. The predicted octanol–water partition coefficient (Wildman–Crippen LogP) is 4.91. The van der Waals surface area contributed by atoms with E-state index in [2.05, 4.69) is 59.6 Å². The summed E-state index contributed by atoms with van der Waals surface area (Å²) in [5.41, 5.74) is 6.47. The first-order valence-corrected chi connectivity index (χ1v) is 10.7. The van der Waals surface area contributed by atoms with Crippen molar-refractivity contribution in [2.24, 2.45) is 0 Å². The molecular weight excluding hydrogens is 392 g/mol. The van der Waals surface area contributed by atoms with Crippen LogP contribution in [0.2, 0.25) is 0 Å². The van der Waals surface area contributed by atoms with E-state index in [1.807, 2.05) is 36.0 Å². The molecule has 0 aliphatic heterocycles. The zero-order chi connectivity index (χ0) is 21.1. The van der Waals surface area contributed by atoms with Gasteiger partial charge in [-0.1, -0.05) is 48.0 Å². The fourth-order valence-corrected chi connectivity index (χ4v) is 4.46. The van der Waals surface area contributed by atoms with Gasteiger partial charge in [-0.2, -0.15) is 5.10 Å². The summed E-state index contributed by atoms with van der Waals surface area (Å²) in [4.78, 5) is 18.1. The predicted molar refractivity (Wildman–Crippen MR) is 121 cm³/mol. The Morgan fingerprint density at radius 3 is 2.53 bits per heavy atom. The normalized spacial score (nSPS) is 10.9. The Morgan fingerprint density at radius 1 is 1.07 bits per heavy atom. The van der Waals surface area contributed by atoms with E-state index in [4.69, 9.17) is 0 Å². The standard InChI is InChI=1S/C24H24N4OS/c1-16-5-10-21(17(2)13-16)24-27-18(3)22(30-24)23(29)25-14-19-6-8-20(9-7-19)15-28-12-4-11-26-28/h4-13H,14-15H2,1-3H3,(H,25,29). The highest BCUT2D eigenvalue weighted by Gasteiger charge is 2.17. The Kier molecular flexibility index (Phi) is 5.77. The number of carbonyl (C=O) groups is 1. The molecule has 2 aromatic heterocycles. The molecule has 0 aliphatic carbocycles. The van der Waals surface area contributed by atoms with Crippen LogP contribution in [0.5, 0.6) is 0 Å². The fraction of sp³-hybridized carbons (Fsp3) is 0.208. The lowest BCUT2D eigenvalue weighted by Gasteiger charge is -2.06. The van der Waals surface area contributed by atoms with Gasteiger partial charge in [0.15, 0.2) is 0 Å². The van der Waals surface area contributed by atoms with E-state index in [9.17, 15) is 4.79 Å². The van der Waals surface area contributed by atoms with Crippen LogP contribution in [0, 0.1) is 20.8 Å². The third-order valence-corrected chi connectivity index (χ3v) is 6.18. The van der Waals surface area contributed by atoms with Crippen LogP contribution < -0.4 is 5.32 Å². The van der Waals surface area contributed by atoms with E-state index >= 15 is 0 Å². The van der Waals surface area contributed by atoms with Crippen LogP contribution in [0.15, 0.2) is 60.9 Å². The number of hydrogen-bond acceptors (Lipinski definition) is 4. The summed E-state index contributed by atoms with van der Waals surface area (Å²) in [6.07, 6.45) is 3.72. The van der Waals surface area contributed by atoms with Gasteiger partial charge in [0, 0.05) is 24.5 Å². The van der Waals surface area contributed by atoms with Crippen molar-refractivity contribution in [3.63, 3.8) is 0 Å². The lowest BCUT2D eigenvalue weighted by Crippen LogP contribution is -2.22. The molecular formula is C24H24N4OS. The van der Waals surface area contributed by atoms with Crippen molar-refractivity contribution in [2.45, 2.75) is 33.9 Å². The van der Waals surface area contributed by atoms with E-state index in [1.165, 1.54) is 28.0 Å². The van der Waals surface area contributed by atoms with Gasteiger partial charge in [-0.15, -0.1) is 11.3 Å². The highest BCUT2D eigenvalue weighted by molar-refractivity contribution is 7.17. The number of hydrogen-bond donors (Lipinski definition) is 1. The Labute approximate surface area is 180 Å². The third-order valence-electron chi connectivity index (χ3n) is 4.99. The number of amides is 1. The molecule has 0 bridgehead atoms. The van der Waals surface area contributed by atoms with E-state index in [0.717, 1.165) is 28.4 Å². The Hall–Kier alpha value is -3.25. The van der Waals surface area contributed by atoms with Crippen LogP contribution in [0.4, 0.5) is 0 Å². The summed E-state index contributed by atoms with van der Waals surface area (Å²) < 4.78 is 1.89. The molecule has 5 nitrogen and oxygen atoms in total. The lowest BCUT2D eigenvalue weighted by atomic mass is 10.1. The maximum atomic E-state index is 12.7. The molecule has 1 amide bonds. The molecule has 30 heavy (non-hydrogen) atoms. The molecule has 1 N–H and O–H groups in total. The van der Waals surface area contributed by atoms with E-state index in [1.54, 1.807) is 6.20 Å². The van der Waals surface area contributed by atoms with Crippen molar-refractivity contribution in [3.8, 4) is 10.6 Å². The van der Waals surface area contributed by atoms with Crippen LogP contribution in [0.25, 0.3) is 10.6 Å². The number of benzene rings is 2. The van der Waals surface area contributed by atoms with E-state index in [0.29, 0.717) is 11.4 Å². The number of aryl methyl sites for hydroxylation is 3. The Balaban J connectivity index is 1.41. The zero-order valence-corrected chi connectivity index (χ0v) is 18.2. The summed E-state index contributed by atoms with van der Waals surface area (Å²) in [6, 6.07) is 16.4. The van der Waals surface area contributed by atoms with Crippen LogP contribution in [0.3, 0.4) is 0 Å². The first-order valence-electron chi connectivity index (χ1n) is 9.88. The van der Waals surface area contributed by atoms with Crippen molar-refractivity contribution in [1.82, 2.24) is 20.1 Å². The van der Waals surface area contributed by atoms with E-state index in [-0.39, 0.29) is 5.91 Å². The number of nitrogens with zero attached hydrogens (tertiary/aromatic N) is 3. The minimum atomic E-state index is -0.0818. The monoisotopic (exact) mass is 416 g/mol. The van der Waals surface area contributed by atoms with Crippen molar-refractivity contribution in [3.05, 3.63) is 93.7 Å². The average Bonchev–Trinajstić information content (AvgIpc) is 3.37. The van der Waals surface area contributed by atoms with Gasteiger partial charge in [-0.25, -0.2) is 4.98 Å². The summed E-state index contributed by atoms with van der Waals surface area (Å²) in [5, 5.41) is 8.13. The minimum absolute atomic E-state index is 0.0818. The summed E-state index contributed by atoms with van der Waals surface area (Å²) in [6.45, 7) is 7.27. The topological polar surface area (TPSA) is 59.8 Å². The summed E-state index contributed by atoms with van der Waals surface area (Å²) in [5.74, 6) is -0.0818. The molecule has 0 unspecified atom stereocenters. The second kappa shape index (κ2) is 8.63. The molecule has 152 valence electrons. The molecule has 0 aliphatic rings. The molecule has 2 heterocycles. The number of aromatic nitrogens is 3. The van der Waals surface area contributed by atoms with Crippen LogP contribution in [-0.4, -0.2) is 20.7 Å². The lowest BCUT2D eigenvalue weighted by molar-refractivity contribution is 0.0954. The molecule has 0 saturated heterocycles. The van der Waals surface area contributed by atoms with Crippen molar-refractivity contribution in [2.75, 3.05) is 0 Å². The van der Waals surface area contributed by atoms with E-state index < -0.39 is 0 Å². The number of rotatable bonds is 6. The molecule has 4 rings (SSSR count). The molecule has 0 spiro atoms. The van der Waals surface area contributed by atoms with Crippen molar-refractivity contribution in [1.29, 1.82) is 0 Å². The van der Waals surface area contributed by atoms with Gasteiger partial charge < -0.3 is 5.32 Å².